The second-order valence-corrected chi connectivity index (χ2v) is 8.93. The molecule has 0 spiro atoms. The third kappa shape index (κ3) is 4.06. The number of hydrogen-bond acceptors (Lipinski definition) is 4. The molecule has 2 heterocycles. The minimum absolute atomic E-state index is 0.0709. The van der Waals surface area contributed by atoms with Crippen LogP contribution in [0, 0.1) is 0 Å². The largest absolute Gasteiger partial charge is 0.376 e. The molecular weight excluding hydrogens is 419 g/mol. The maximum Gasteiger partial charge on any atom is 0.257 e. The van der Waals surface area contributed by atoms with Gasteiger partial charge in [-0.15, -0.1) is 11.3 Å². The van der Waals surface area contributed by atoms with Gasteiger partial charge in [-0.05, 0) is 55.9 Å². The second kappa shape index (κ2) is 8.41. The summed E-state index contributed by atoms with van der Waals surface area (Å²) >= 11 is 13.5. The summed E-state index contributed by atoms with van der Waals surface area (Å²) in [5.74, 6) is -0.512. The first-order chi connectivity index (χ1) is 13.5. The van der Waals surface area contributed by atoms with E-state index in [0.29, 0.717) is 27.7 Å². The van der Waals surface area contributed by atoms with Crippen molar-refractivity contribution in [2.24, 2.45) is 0 Å². The van der Waals surface area contributed by atoms with Gasteiger partial charge in [0.05, 0.1) is 22.3 Å². The molecule has 1 atom stereocenters. The molecule has 2 aromatic rings. The second-order valence-electron chi connectivity index (χ2n) is 6.98. The van der Waals surface area contributed by atoms with Gasteiger partial charge < -0.3 is 15.4 Å². The molecular formula is C20H20Cl2N2O3S. The molecule has 28 heavy (non-hydrogen) atoms. The van der Waals surface area contributed by atoms with E-state index in [4.69, 9.17) is 27.9 Å². The molecule has 2 N–H and O–H groups in total. The van der Waals surface area contributed by atoms with Crippen LogP contribution in [0.15, 0.2) is 18.2 Å². The highest BCUT2D eigenvalue weighted by Gasteiger charge is 2.28. The van der Waals surface area contributed by atoms with Gasteiger partial charge in [-0.25, -0.2) is 0 Å². The third-order valence-corrected chi connectivity index (χ3v) is 6.82. The Labute approximate surface area is 177 Å². The van der Waals surface area contributed by atoms with Crippen molar-refractivity contribution in [1.82, 2.24) is 5.32 Å². The highest BCUT2D eigenvalue weighted by Crippen LogP contribution is 2.39. The van der Waals surface area contributed by atoms with Gasteiger partial charge in [0.15, 0.2) is 0 Å². The summed E-state index contributed by atoms with van der Waals surface area (Å²) in [7, 11) is 0. The summed E-state index contributed by atoms with van der Waals surface area (Å²) in [4.78, 5) is 26.8. The zero-order valence-corrected chi connectivity index (χ0v) is 17.5. The van der Waals surface area contributed by atoms with Crippen LogP contribution in [0.25, 0.3) is 0 Å². The predicted octanol–water partition coefficient (Wildman–Crippen LogP) is 4.70. The van der Waals surface area contributed by atoms with E-state index in [0.717, 1.165) is 44.3 Å². The van der Waals surface area contributed by atoms with E-state index in [1.807, 2.05) is 0 Å². The Morgan fingerprint density at radius 2 is 2.04 bits per heavy atom. The molecule has 8 heteroatoms. The molecule has 1 unspecified atom stereocenters. The van der Waals surface area contributed by atoms with Crippen LogP contribution in [0.2, 0.25) is 10.0 Å². The van der Waals surface area contributed by atoms with Crippen molar-refractivity contribution >= 4 is 51.4 Å². The van der Waals surface area contributed by atoms with Crippen LogP contribution in [0.3, 0.4) is 0 Å². The first-order valence-corrected chi connectivity index (χ1v) is 10.9. The van der Waals surface area contributed by atoms with Gasteiger partial charge in [-0.1, -0.05) is 23.2 Å². The van der Waals surface area contributed by atoms with Gasteiger partial charge in [0.2, 0.25) is 0 Å². The van der Waals surface area contributed by atoms with Crippen molar-refractivity contribution in [2.45, 2.75) is 38.2 Å². The quantitative estimate of drug-likeness (QED) is 0.710. The molecule has 5 nitrogen and oxygen atoms in total. The third-order valence-electron chi connectivity index (χ3n) is 5.07. The molecule has 4 rings (SSSR count). The highest BCUT2D eigenvalue weighted by molar-refractivity contribution is 7.17. The maximum absolute atomic E-state index is 12.9. The van der Waals surface area contributed by atoms with Crippen molar-refractivity contribution in [3.63, 3.8) is 0 Å². The fourth-order valence-electron chi connectivity index (χ4n) is 3.68. The van der Waals surface area contributed by atoms with Gasteiger partial charge in [-0.2, -0.15) is 0 Å². The molecule has 0 radical (unpaired) electrons. The Morgan fingerprint density at radius 1 is 1.18 bits per heavy atom. The minimum atomic E-state index is -0.352. The summed E-state index contributed by atoms with van der Waals surface area (Å²) in [5, 5.41) is 7.18. The van der Waals surface area contributed by atoms with Gasteiger partial charge in [0, 0.05) is 23.1 Å². The monoisotopic (exact) mass is 438 g/mol. The maximum atomic E-state index is 12.9. The number of nitrogens with one attached hydrogen (secondary N) is 2. The number of thiophene rings is 1. The number of rotatable bonds is 5. The van der Waals surface area contributed by atoms with Crippen molar-refractivity contribution in [3.8, 4) is 0 Å². The van der Waals surface area contributed by atoms with Gasteiger partial charge >= 0.3 is 0 Å². The lowest BCUT2D eigenvalue weighted by molar-refractivity contribution is 0.0858. The Hall–Kier alpha value is -1.60. The number of carbonyl (C=O) groups is 2. The molecule has 1 fully saturated rings. The molecule has 1 aliphatic heterocycles. The van der Waals surface area contributed by atoms with E-state index in [1.54, 1.807) is 12.1 Å². The number of aryl methyl sites for hydroxylation is 1. The lowest BCUT2D eigenvalue weighted by Gasteiger charge is -2.13. The molecule has 1 aromatic heterocycles. The van der Waals surface area contributed by atoms with Crippen LogP contribution < -0.4 is 10.6 Å². The number of amides is 2. The van der Waals surface area contributed by atoms with Crippen molar-refractivity contribution in [1.29, 1.82) is 0 Å². The summed E-state index contributed by atoms with van der Waals surface area (Å²) in [6.07, 6.45) is 4.87. The average molecular weight is 439 g/mol. The predicted molar refractivity (Wildman–Crippen MR) is 112 cm³/mol. The number of carbonyl (C=O) groups excluding carboxylic acids is 2. The van der Waals surface area contributed by atoms with Crippen LogP contribution in [-0.2, 0) is 17.6 Å². The summed E-state index contributed by atoms with van der Waals surface area (Å²) < 4.78 is 5.58. The minimum Gasteiger partial charge on any atom is -0.376 e. The standard InChI is InChI=1S/C20H20Cl2N2O3S/c21-11-6-7-13(15(22)9-11)18(25)24-20-17(14-4-1-5-16(14)28-20)19(26)23-10-12-3-2-8-27-12/h6-7,9,12H,1-5,8,10H2,(H,23,26)(H,24,25). The molecule has 1 saturated heterocycles. The Balaban J connectivity index is 1.55. The topological polar surface area (TPSA) is 67.4 Å². The van der Waals surface area contributed by atoms with E-state index in [-0.39, 0.29) is 22.9 Å². The number of anilines is 1. The molecule has 1 aliphatic carbocycles. The zero-order valence-electron chi connectivity index (χ0n) is 15.1. The van der Waals surface area contributed by atoms with E-state index >= 15 is 0 Å². The van der Waals surface area contributed by atoms with Crippen LogP contribution in [0.1, 0.15) is 50.4 Å². The zero-order chi connectivity index (χ0) is 19.7. The van der Waals surface area contributed by atoms with Crippen molar-refractivity contribution in [3.05, 3.63) is 49.8 Å². The molecule has 0 bridgehead atoms. The highest BCUT2D eigenvalue weighted by atomic mass is 35.5. The molecule has 2 aliphatic rings. The Kier molecular flexibility index (Phi) is 5.92. The van der Waals surface area contributed by atoms with Crippen LogP contribution in [0.5, 0.6) is 0 Å². The van der Waals surface area contributed by atoms with Crippen LogP contribution in [0.4, 0.5) is 5.00 Å². The molecule has 1 aromatic carbocycles. The normalized spacial score (nSPS) is 18.1. The first kappa shape index (κ1) is 19.7. The van der Waals surface area contributed by atoms with Crippen molar-refractivity contribution in [2.75, 3.05) is 18.5 Å². The van der Waals surface area contributed by atoms with Crippen molar-refractivity contribution < 1.29 is 14.3 Å². The number of hydrogen-bond donors (Lipinski definition) is 2. The fourth-order valence-corrected chi connectivity index (χ4v) is 5.45. The summed E-state index contributed by atoms with van der Waals surface area (Å²) in [6, 6.07) is 4.73. The SMILES string of the molecule is O=C(Nc1sc2c(c1C(=O)NCC1CCCO1)CCC2)c1ccc(Cl)cc1Cl. The summed E-state index contributed by atoms with van der Waals surface area (Å²) in [5.41, 5.74) is 1.95. The van der Waals surface area contributed by atoms with Crippen LogP contribution in [-0.4, -0.2) is 31.1 Å². The van der Waals surface area contributed by atoms with Crippen LogP contribution >= 0.6 is 34.5 Å². The molecule has 0 saturated carbocycles. The van der Waals surface area contributed by atoms with E-state index in [1.165, 1.54) is 22.3 Å². The molecule has 2 amide bonds. The number of benzene rings is 1. The van der Waals surface area contributed by atoms with Gasteiger partial charge in [0.25, 0.3) is 11.8 Å². The van der Waals surface area contributed by atoms with E-state index in [9.17, 15) is 9.59 Å². The number of halogens is 2. The first-order valence-electron chi connectivity index (χ1n) is 9.33. The number of fused-ring (bicyclic) bond motifs is 1. The van der Waals surface area contributed by atoms with E-state index in [2.05, 4.69) is 10.6 Å². The lowest BCUT2D eigenvalue weighted by Crippen LogP contribution is -2.32. The summed E-state index contributed by atoms with van der Waals surface area (Å²) in [6.45, 7) is 1.23. The Bertz CT molecular complexity index is 922. The van der Waals surface area contributed by atoms with Gasteiger partial charge in [0.1, 0.15) is 5.00 Å². The molecule has 148 valence electrons. The van der Waals surface area contributed by atoms with Gasteiger partial charge in [-0.3, -0.25) is 9.59 Å². The number of ether oxygens (including phenoxy) is 1. The van der Waals surface area contributed by atoms with E-state index < -0.39 is 0 Å². The average Bonchev–Trinajstić information content (AvgIpc) is 3.37. The Morgan fingerprint density at radius 3 is 2.79 bits per heavy atom. The smallest absolute Gasteiger partial charge is 0.257 e. The fraction of sp³-hybridized carbons (Fsp3) is 0.400. The lowest BCUT2D eigenvalue weighted by atomic mass is 10.1.